The van der Waals surface area contributed by atoms with Gasteiger partial charge in [0.25, 0.3) is 0 Å². The first-order chi connectivity index (χ1) is 10.9. The largest absolute Gasteiger partial charge is 0.389 e. The highest BCUT2D eigenvalue weighted by atomic mass is 16.3. The van der Waals surface area contributed by atoms with E-state index in [4.69, 9.17) is 0 Å². The van der Waals surface area contributed by atoms with Gasteiger partial charge in [-0.15, -0.1) is 0 Å². The Hall–Kier alpha value is -1.39. The van der Waals surface area contributed by atoms with Crippen LogP contribution in [0.15, 0.2) is 24.3 Å². The maximum Gasteiger partial charge on any atom is 0.225 e. The zero-order chi connectivity index (χ0) is 16.9. The van der Waals surface area contributed by atoms with E-state index < -0.39 is 5.60 Å². The maximum atomic E-state index is 12.5. The maximum absolute atomic E-state index is 12.5. The molecule has 1 fully saturated rings. The van der Waals surface area contributed by atoms with Crippen LogP contribution in [0.5, 0.6) is 0 Å². The van der Waals surface area contributed by atoms with Crippen molar-refractivity contribution < 1.29 is 9.90 Å². The molecule has 0 aliphatic heterocycles. The molecular weight excluding hydrogens is 288 g/mol. The molecule has 4 heteroatoms. The molecule has 1 aliphatic carbocycles. The van der Waals surface area contributed by atoms with E-state index >= 15 is 0 Å². The van der Waals surface area contributed by atoms with Crippen molar-refractivity contribution in [3.8, 4) is 0 Å². The van der Waals surface area contributed by atoms with E-state index in [-0.39, 0.29) is 12.3 Å². The topological polar surface area (TPSA) is 43.8 Å². The third-order valence-electron chi connectivity index (χ3n) is 4.64. The summed E-state index contributed by atoms with van der Waals surface area (Å²) in [5.41, 5.74) is 1.65. The van der Waals surface area contributed by atoms with Crippen LogP contribution in [0.1, 0.15) is 50.2 Å². The van der Waals surface area contributed by atoms with Crippen LogP contribution in [0, 0.1) is 0 Å². The smallest absolute Gasteiger partial charge is 0.225 e. The van der Waals surface area contributed by atoms with E-state index in [1.165, 1.54) is 5.56 Å². The Kier molecular flexibility index (Phi) is 6.19. The summed E-state index contributed by atoms with van der Waals surface area (Å²) in [6, 6.07) is 8.44. The fourth-order valence-electron chi connectivity index (χ4n) is 3.32. The van der Waals surface area contributed by atoms with Gasteiger partial charge in [0, 0.05) is 19.6 Å². The van der Waals surface area contributed by atoms with Gasteiger partial charge in [0.15, 0.2) is 0 Å². The molecule has 128 valence electrons. The zero-order valence-corrected chi connectivity index (χ0v) is 14.7. The minimum Gasteiger partial charge on any atom is -0.389 e. The summed E-state index contributed by atoms with van der Waals surface area (Å²) < 4.78 is 0. The van der Waals surface area contributed by atoms with Crippen molar-refractivity contribution in [3.05, 3.63) is 35.4 Å². The van der Waals surface area contributed by atoms with Crippen LogP contribution in [-0.4, -0.2) is 47.1 Å². The Balaban J connectivity index is 1.94. The van der Waals surface area contributed by atoms with E-state index in [1.807, 2.05) is 11.8 Å². The summed E-state index contributed by atoms with van der Waals surface area (Å²) in [5, 5.41) is 10.4. The number of nitrogens with zero attached hydrogens (tertiary/aromatic N) is 2. The van der Waals surface area contributed by atoms with Crippen LogP contribution in [0.25, 0.3) is 0 Å². The number of carbonyl (C=O) groups is 1. The van der Waals surface area contributed by atoms with Gasteiger partial charge in [-0.3, -0.25) is 4.79 Å². The predicted molar refractivity (Wildman–Crippen MR) is 93.0 cm³/mol. The number of rotatable bonds is 7. The van der Waals surface area contributed by atoms with Gasteiger partial charge in [-0.05, 0) is 45.0 Å². The molecule has 0 aromatic heterocycles. The minimum atomic E-state index is -0.764. The van der Waals surface area contributed by atoms with Gasteiger partial charge >= 0.3 is 0 Å². The molecule has 0 saturated heterocycles. The van der Waals surface area contributed by atoms with Crippen molar-refractivity contribution in [2.75, 3.05) is 20.6 Å². The van der Waals surface area contributed by atoms with Crippen LogP contribution >= 0.6 is 0 Å². The lowest BCUT2D eigenvalue weighted by Gasteiger charge is -2.27. The number of hydrogen-bond acceptors (Lipinski definition) is 3. The first kappa shape index (κ1) is 18.0. The van der Waals surface area contributed by atoms with Gasteiger partial charge in [-0.2, -0.15) is 0 Å². The fourth-order valence-corrected chi connectivity index (χ4v) is 3.32. The third kappa shape index (κ3) is 5.33. The summed E-state index contributed by atoms with van der Waals surface area (Å²) in [6.07, 6.45) is 3.84. The molecule has 1 saturated carbocycles. The lowest BCUT2D eigenvalue weighted by Crippen LogP contribution is -2.37. The molecule has 0 unspecified atom stereocenters. The van der Waals surface area contributed by atoms with Gasteiger partial charge in [0.05, 0.1) is 12.0 Å². The van der Waals surface area contributed by atoms with Gasteiger partial charge in [-0.1, -0.05) is 37.1 Å². The van der Waals surface area contributed by atoms with Crippen LogP contribution in [0.2, 0.25) is 0 Å². The Morgan fingerprint density at radius 3 is 2.09 bits per heavy atom. The van der Waals surface area contributed by atoms with Gasteiger partial charge < -0.3 is 14.9 Å². The van der Waals surface area contributed by atoms with Crippen LogP contribution in [0.4, 0.5) is 0 Å². The third-order valence-corrected chi connectivity index (χ3v) is 4.64. The monoisotopic (exact) mass is 318 g/mol. The predicted octanol–water partition coefficient (Wildman–Crippen LogP) is 2.79. The number of carbonyl (C=O) groups excluding carboxylic acids is 1. The molecule has 1 aromatic rings. The van der Waals surface area contributed by atoms with Gasteiger partial charge in [-0.25, -0.2) is 0 Å². The number of hydrogen-bond donors (Lipinski definition) is 1. The second kappa shape index (κ2) is 7.93. The second-order valence-corrected chi connectivity index (χ2v) is 7.07. The Bertz CT molecular complexity index is 505. The molecule has 0 heterocycles. The Labute approximate surface area is 140 Å². The van der Waals surface area contributed by atoms with Crippen LogP contribution < -0.4 is 0 Å². The van der Waals surface area contributed by atoms with E-state index in [9.17, 15) is 9.90 Å². The molecule has 1 amide bonds. The average Bonchev–Trinajstić information content (AvgIpc) is 2.92. The summed E-state index contributed by atoms with van der Waals surface area (Å²) in [6.45, 7) is 4.21. The normalized spacial score (nSPS) is 16.7. The highest BCUT2D eigenvalue weighted by Crippen LogP contribution is 2.32. The molecule has 23 heavy (non-hydrogen) atoms. The van der Waals surface area contributed by atoms with E-state index in [1.54, 1.807) is 0 Å². The Morgan fingerprint density at radius 1 is 1.09 bits per heavy atom. The molecule has 1 aromatic carbocycles. The summed E-state index contributed by atoms with van der Waals surface area (Å²) in [4.78, 5) is 16.5. The van der Waals surface area contributed by atoms with Crippen molar-refractivity contribution in [3.63, 3.8) is 0 Å². The SMILES string of the molecule is CCN(Cc1ccc(CN(C)C)cc1)C(=O)CC1(O)CCCC1. The molecule has 0 radical (unpaired) electrons. The first-order valence-electron chi connectivity index (χ1n) is 8.64. The van der Waals surface area contributed by atoms with E-state index in [0.29, 0.717) is 13.1 Å². The lowest BCUT2D eigenvalue weighted by molar-refractivity contribution is -0.136. The quantitative estimate of drug-likeness (QED) is 0.841. The molecule has 0 spiro atoms. The van der Waals surface area contributed by atoms with Crippen LogP contribution in [0.3, 0.4) is 0 Å². The van der Waals surface area contributed by atoms with Crippen molar-refractivity contribution >= 4 is 5.91 Å². The fraction of sp³-hybridized carbons (Fsp3) is 0.632. The van der Waals surface area contributed by atoms with Crippen LogP contribution in [-0.2, 0) is 17.9 Å². The molecule has 0 atom stereocenters. The zero-order valence-electron chi connectivity index (χ0n) is 14.7. The average molecular weight is 318 g/mol. The highest BCUT2D eigenvalue weighted by Gasteiger charge is 2.34. The summed E-state index contributed by atoms with van der Waals surface area (Å²) in [5.74, 6) is 0.0641. The number of amides is 1. The summed E-state index contributed by atoms with van der Waals surface area (Å²) >= 11 is 0. The van der Waals surface area contributed by atoms with E-state index in [2.05, 4.69) is 43.3 Å². The molecule has 4 nitrogen and oxygen atoms in total. The highest BCUT2D eigenvalue weighted by molar-refractivity contribution is 5.77. The van der Waals surface area contributed by atoms with Gasteiger partial charge in [0.2, 0.25) is 5.91 Å². The van der Waals surface area contributed by atoms with Crippen molar-refractivity contribution in [2.24, 2.45) is 0 Å². The second-order valence-electron chi connectivity index (χ2n) is 7.07. The summed E-state index contributed by atoms with van der Waals surface area (Å²) in [7, 11) is 4.11. The molecule has 1 N–H and O–H groups in total. The minimum absolute atomic E-state index is 0.0641. The molecular formula is C19H30N2O2. The van der Waals surface area contributed by atoms with Crippen molar-refractivity contribution in [1.82, 2.24) is 9.80 Å². The lowest BCUT2D eigenvalue weighted by atomic mass is 9.97. The Morgan fingerprint density at radius 2 is 1.61 bits per heavy atom. The molecule has 0 bridgehead atoms. The van der Waals surface area contributed by atoms with Crippen molar-refractivity contribution in [2.45, 2.75) is 57.7 Å². The standard InChI is InChI=1S/C19H30N2O2/c1-4-21(18(22)13-19(23)11-5-6-12-19)15-17-9-7-16(8-10-17)14-20(2)3/h7-10,23H,4-6,11-15H2,1-3H3. The number of benzene rings is 1. The molecule has 2 rings (SSSR count). The van der Waals surface area contributed by atoms with Gasteiger partial charge in [0.1, 0.15) is 0 Å². The molecule has 1 aliphatic rings. The first-order valence-corrected chi connectivity index (χ1v) is 8.64. The van der Waals surface area contributed by atoms with E-state index in [0.717, 1.165) is 37.8 Å². The van der Waals surface area contributed by atoms with Crippen molar-refractivity contribution in [1.29, 1.82) is 0 Å². The number of aliphatic hydroxyl groups is 1.